The van der Waals surface area contributed by atoms with Gasteiger partial charge in [-0.25, -0.2) is 4.68 Å². The van der Waals surface area contributed by atoms with Gasteiger partial charge in [-0.15, -0.1) is 5.10 Å². The van der Waals surface area contributed by atoms with Gasteiger partial charge >= 0.3 is 5.97 Å². The van der Waals surface area contributed by atoms with E-state index in [-0.39, 0.29) is 12.2 Å². The number of nitrogens with zero attached hydrogens (tertiary/aromatic N) is 3. The van der Waals surface area contributed by atoms with Gasteiger partial charge in [0, 0.05) is 5.69 Å². The molecule has 2 rings (SSSR count). The van der Waals surface area contributed by atoms with Gasteiger partial charge in [-0.1, -0.05) is 22.9 Å². The van der Waals surface area contributed by atoms with Gasteiger partial charge in [-0.2, -0.15) is 0 Å². The first-order chi connectivity index (χ1) is 9.45. The number of carboxylic acids is 1. The predicted molar refractivity (Wildman–Crippen MR) is 71.5 cm³/mol. The van der Waals surface area contributed by atoms with Crippen LogP contribution in [0.2, 0.25) is 0 Å². The third-order valence-corrected chi connectivity index (χ3v) is 2.70. The van der Waals surface area contributed by atoms with Crippen LogP contribution < -0.4 is 5.32 Å². The summed E-state index contributed by atoms with van der Waals surface area (Å²) in [6.45, 7) is 3.53. The number of hydrogen-bond donors (Lipinski definition) is 2. The van der Waals surface area contributed by atoms with Gasteiger partial charge in [0.25, 0.3) is 5.91 Å². The molecular formula is C13H14N4O3. The molecule has 2 N–H and O–H groups in total. The summed E-state index contributed by atoms with van der Waals surface area (Å²) >= 11 is 0. The SMILES string of the molecule is Cc1ccc(NC(=O)c2cn(CC(=O)O)nn2)c(C)c1. The number of nitrogens with one attached hydrogen (secondary N) is 1. The van der Waals surface area contributed by atoms with E-state index in [1.807, 2.05) is 32.0 Å². The summed E-state index contributed by atoms with van der Waals surface area (Å²) < 4.78 is 1.10. The average Bonchev–Trinajstić information content (AvgIpc) is 2.80. The molecule has 0 aliphatic carbocycles. The Morgan fingerprint density at radius 2 is 2.10 bits per heavy atom. The fourth-order valence-corrected chi connectivity index (χ4v) is 1.76. The second kappa shape index (κ2) is 5.52. The molecule has 0 saturated carbocycles. The second-order valence-electron chi connectivity index (χ2n) is 4.47. The quantitative estimate of drug-likeness (QED) is 0.874. The van der Waals surface area contributed by atoms with Crippen molar-refractivity contribution in [1.82, 2.24) is 15.0 Å². The number of aromatic nitrogens is 3. The molecule has 2 aromatic rings. The Bertz CT molecular complexity index is 663. The molecule has 20 heavy (non-hydrogen) atoms. The summed E-state index contributed by atoms with van der Waals surface area (Å²) in [5.41, 5.74) is 2.81. The number of hydrogen-bond acceptors (Lipinski definition) is 4. The van der Waals surface area contributed by atoms with E-state index >= 15 is 0 Å². The smallest absolute Gasteiger partial charge is 0.325 e. The van der Waals surface area contributed by atoms with Crippen LogP contribution in [0.25, 0.3) is 0 Å². The molecule has 0 radical (unpaired) electrons. The monoisotopic (exact) mass is 274 g/mol. The molecule has 104 valence electrons. The van der Waals surface area contributed by atoms with E-state index in [2.05, 4.69) is 15.6 Å². The molecule has 0 atom stereocenters. The lowest BCUT2D eigenvalue weighted by molar-refractivity contribution is -0.137. The molecule has 7 heteroatoms. The Morgan fingerprint density at radius 1 is 1.35 bits per heavy atom. The van der Waals surface area contributed by atoms with E-state index in [4.69, 9.17) is 5.11 Å². The maximum atomic E-state index is 12.0. The third-order valence-electron chi connectivity index (χ3n) is 2.70. The Balaban J connectivity index is 2.11. The molecule has 0 aliphatic rings. The largest absolute Gasteiger partial charge is 0.480 e. The fourth-order valence-electron chi connectivity index (χ4n) is 1.76. The number of benzene rings is 1. The molecule has 0 aliphatic heterocycles. The lowest BCUT2D eigenvalue weighted by atomic mass is 10.1. The number of amides is 1. The van der Waals surface area contributed by atoms with Crippen LogP contribution in [0.1, 0.15) is 21.6 Å². The van der Waals surface area contributed by atoms with Gasteiger partial charge in [0.1, 0.15) is 6.54 Å². The number of carbonyl (C=O) groups excluding carboxylic acids is 1. The Morgan fingerprint density at radius 3 is 2.75 bits per heavy atom. The maximum Gasteiger partial charge on any atom is 0.325 e. The Labute approximate surface area is 115 Å². The minimum Gasteiger partial charge on any atom is -0.480 e. The molecular weight excluding hydrogens is 260 g/mol. The van der Waals surface area contributed by atoms with Crippen LogP contribution in [0, 0.1) is 13.8 Å². The van der Waals surface area contributed by atoms with E-state index in [1.54, 1.807) is 0 Å². The van der Waals surface area contributed by atoms with Crippen LogP contribution >= 0.6 is 0 Å². The molecule has 0 unspecified atom stereocenters. The number of carboxylic acid groups (broad SMARTS) is 1. The number of anilines is 1. The first-order valence-corrected chi connectivity index (χ1v) is 5.96. The molecule has 0 saturated heterocycles. The van der Waals surface area contributed by atoms with Crippen molar-refractivity contribution >= 4 is 17.6 Å². The molecule has 1 heterocycles. The molecule has 1 amide bonds. The van der Waals surface area contributed by atoms with Gasteiger partial charge in [0.15, 0.2) is 5.69 Å². The third kappa shape index (κ3) is 3.19. The van der Waals surface area contributed by atoms with E-state index in [9.17, 15) is 9.59 Å². The van der Waals surface area contributed by atoms with Gasteiger partial charge < -0.3 is 10.4 Å². The van der Waals surface area contributed by atoms with E-state index in [1.165, 1.54) is 6.20 Å². The van der Waals surface area contributed by atoms with Crippen molar-refractivity contribution in [3.63, 3.8) is 0 Å². The van der Waals surface area contributed by atoms with Crippen molar-refractivity contribution in [3.8, 4) is 0 Å². The highest BCUT2D eigenvalue weighted by Crippen LogP contribution is 2.16. The summed E-state index contributed by atoms with van der Waals surface area (Å²) in [6, 6.07) is 5.66. The van der Waals surface area contributed by atoms with E-state index < -0.39 is 11.9 Å². The molecule has 7 nitrogen and oxygen atoms in total. The normalized spacial score (nSPS) is 10.3. The van der Waals surface area contributed by atoms with Crippen LogP contribution in [0.15, 0.2) is 24.4 Å². The summed E-state index contributed by atoms with van der Waals surface area (Å²) in [7, 11) is 0. The van der Waals surface area contributed by atoms with Crippen LogP contribution in [0.3, 0.4) is 0 Å². The predicted octanol–water partition coefficient (Wildman–Crippen LogP) is 1.23. The summed E-state index contributed by atoms with van der Waals surface area (Å²) in [6.07, 6.45) is 1.30. The van der Waals surface area contributed by atoms with Crippen molar-refractivity contribution in [1.29, 1.82) is 0 Å². The van der Waals surface area contributed by atoms with Crippen LogP contribution in [0.4, 0.5) is 5.69 Å². The zero-order valence-electron chi connectivity index (χ0n) is 11.1. The van der Waals surface area contributed by atoms with Gasteiger partial charge in [-0.3, -0.25) is 9.59 Å². The van der Waals surface area contributed by atoms with Crippen molar-refractivity contribution in [3.05, 3.63) is 41.2 Å². The Kier molecular flexibility index (Phi) is 3.79. The van der Waals surface area contributed by atoms with Crippen molar-refractivity contribution in [2.45, 2.75) is 20.4 Å². The highest BCUT2D eigenvalue weighted by Gasteiger charge is 2.13. The first kappa shape index (κ1) is 13.7. The zero-order valence-corrected chi connectivity index (χ0v) is 11.1. The minimum atomic E-state index is -1.05. The molecule has 0 fully saturated rings. The van der Waals surface area contributed by atoms with E-state index in [0.29, 0.717) is 5.69 Å². The van der Waals surface area contributed by atoms with Crippen LogP contribution in [0.5, 0.6) is 0 Å². The first-order valence-electron chi connectivity index (χ1n) is 5.96. The van der Waals surface area contributed by atoms with Crippen molar-refractivity contribution in [2.24, 2.45) is 0 Å². The highest BCUT2D eigenvalue weighted by atomic mass is 16.4. The second-order valence-corrected chi connectivity index (χ2v) is 4.47. The lowest BCUT2D eigenvalue weighted by Crippen LogP contribution is -2.13. The maximum absolute atomic E-state index is 12.0. The topological polar surface area (TPSA) is 97.1 Å². The molecule has 1 aromatic heterocycles. The highest BCUT2D eigenvalue weighted by molar-refractivity contribution is 6.03. The van der Waals surface area contributed by atoms with Crippen molar-refractivity contribution in [2.75, 3.05) is 5.32 Å². The van der Waals surface area contributed by atoms with E-state index in [0.717, 1.165) is 15.8 Å². The minimum absolute atomic E-state index is 0.0752. The van der Waals surface area contributed by atoms with Gasteiger partial charge in [-0.05, 0) is 25.5 Å². The van der Waals surface area contributed by atoms with Crippen LogP contribution in [-0.2, 0) is 11.3 Å². The van der Waals surface area contributed by atoms with Gasteiger partial charge in [0.05, 0.1) is 6.20 Å². The summed E-state index contributed by atoms with van der Waals surface area (Å²) in [5.74, 6) is -1.47. The van der Waals surface area contributed by atoms with Gasteiger partial charge in [0.2, 0.25) is 0 Å². The number of aliphatic carboxylic acids is 1. The van der Waals surface area contributed by atoms with Crippen LogP contribution in [-0.4, -0.2) is 32.0 Å². The molecule has 1 aromatic carbocycles. The summed E-state index contributed by atoms with van der Waals surface area (Å²) in [4.78, 5) is 22.5. The fraction of sp³-hybridized carbons (Fsp3) is 0.231. The number of aryl methyl sites for hydroxylation is 2. The standard InChI is InChI=1S/C13H14N4O3/c1-8-3-4-10(9(2)5-8)14-13(20)11-6-17(16-15-11)7-12(18)19/h3-6H,7H2,1-2H3,(H,14,20)(H,18,19). The van der Waals surface area contributed by atoms with Crippen molar-refractivity contribution < 1.29 is 14.7 Å². The lowest BCUT2D eigenvalue weighted by Gasteiger charge is -2.07. The zero-order chi connectivity index (χ0) is 14.7. The number of carbonyl (C=O) groups is 2. The molecule has 0 bridgehead atoms. The Hall–Kier alpha value is -2.70. The average molecular weight is 274 g/mol. The number of rotatable bonds is 4. The molecule has 0 spiro atoms. The summed E-state index contributed by atoms with van der Waals surface area (Å²) in [5, 5.41) is 18.6.